The lowest BCUT2D eigenvalue weighted by molar-refractivity contribution is 0.238. The molecule has 0 saturated carbocycles. The lowest BCUT2D eigenvalue weighted by Crippen LogP contribution is -2.62. The summed E-state index contributed by atoms with van der Waals surface area (Å²) in [5, 5.41) is 5.07. The van der Waals surface area contributed by atoms with Crippen molar-refractivity contribution in [3.05, 3.63) is 52.3 Å². The quantitative estimate of drug-likeness (QED) is 0.675. The third-order valence-corrected chi connectivity index (χ3v) is 6.55. The second-order valence-electron chi connectivity index (χ2n) is 8.76. The summed E-state index contributed by atoms with van der Waals surface area (Å²) in [6.45, 7) is 4.35. The molecular formula is C23H30Cl2N6. The van der Waals surface area contributed by atoms with Crippen molar-refractivity contribution in [3.63, 3.8) is 0 Å². The molecule has 0 bridgehead atoms. The number of fused-ring (bicyclic) bond motifs is 1. The molecule has 1 N–H and O–H groups in total. The number of hydrogen-bond donors (Lipinski definition) is 1. The van der Waals surface area contributed by atoms with Crippen LogP contribution >= 0.6 is 23.2 Å². The van der Waals surface area contributed by atoms with Gasteiger partial charge in [0.15, 0.2) is 0 Å². The number of anilines is 2. The van der Waals surface area contributed by atoms with Crippen molar-refractivity contribution in [3.8, 4) is 0 Å². The number of halogens is 2. The van der Waals surface area contributed by atoms with Gasteiger partial charge in [-0.3, -0.25) is 4.99 Å². The van der Waals surface area contributed by atoms with E-state index < -0.39 is 0 Å². The summed E-state index contributed by atoms with van der Waals surface area (Å²) >= 11 is 12.5. The highest BCUT2D eigenvalue weighted by molar-refractivity contribution is 6.30. The number of benzene rings is 1. The SMILES string of the molecule is CN(C)CCN1C(=NCc2cccc(Cl)c2)C2(CCN(C)CC2)Nc2cc(Cl)ncc21. The van der Waals surface area contributed by atoms with Gasteiger partial charge in [-0.15, -0.1) is 0 Å². The van der Waals surface area contributed by atoms with Gasteiger partial charge in [0.25, 0.3) is 0 Å². The van der Waals surface area contributed by atoms with Crippen LogP contribution in [-0.2, 0) is 6.54 Å². The Morgan fingerprint density at radius 1 is 1.19 bits per heavy atom. The van der Waals surface area contributed by atoms with Crippen LogP contribution in [0.25, 0.3) is 0 Å². The van der Waals surface area contributed by atoms with Gasteiger partial charge in [0.2, 0.25) is 0 Å². The first kappa shape index (κ1) is 22.3. The number of piperidine rings is 1. The Morgan fingerprint density at radius 2 is 1.97 bits per heavy atom. The van der Waals surface area contributed by atoms with Crippen LogP contribution in [0.4, 0.5) is 11.4 Å². The fourth-order valence-corrected chi connectivity index (χ4v) is 4.71. The second kappa shape index (κ2) is 9.33. The van der Waals surface area contributed by atoms with Crippen LogP contribution in [0.1, 0.15) is 18.4 Å². The third kappa shape index (κ3) is 4.98. The summed E-state index contributed by atoms with van der Waals surface area (Å²) in [6, 6.07) is 9.88. The zero-order chi connectivity index (χ0) is 22.0. The maximum Gasteiger partial charge on any atom is 0.131 e. The summed E-state index contributed by atoms with van der Waals surface area (Å²) in [6.07, 6.45) is 3.82. The van der Waals surface area contributed by atoms with Crippen molar-refractivity contribution >= 4 is 40.4 Å². The van der Waals surface area contributed by atoms with Gasteiger partial charge in [-0.1, -0.05) is 35.3 Å². The maximum absolute atomic E-state index is 6.27. The van der Waals surface area contributed by atoms with E-state index in [2.05, 4.69) is 52.2 Å². The van der Waals surface area contributed by atoms with E-state index in [9.17, 15) is 0 Å². The molecule has 6 nitrogen and oxygen atoms in total. The normalized spacial score (nSPS) is 19.7. The van der Waals surface area contributed by atoms with E-state index in [1.54, 1.807) is 0 Å². The molecule has 166 valence electrons. The lowest BCUT2D eigenvalue weighted by atomic mass is 9.83. The standard InChI is InChI=1S/C23H30Cl2N6/c1-29(2)11-12-31-20-16-26-21(25)14-19(20)28-23(7-9-30(3)10-8-23)22(31)27-15-17-5-4-6-18(24)13-17/h4-6,13-14,16,28H,7-12,15H2,1-3H3. The van der Waals surface area contributed by atoms with Gasteiger partial charge in [0, 0.05) is 37.3 Å². The third-order valence-electron chi connectivity index (χ3n) is 6.11. The van der Waals surface area contributed by atoms with E-state index in [0.717, 1.165) is 66.8 Å². The second-order valence-corrected chi connectivity index (χ2v) is 9.58. The molecule has 4 rings (SSSR count). The molecule has 1 aromatic heterocycles. The highest BCUT2D eigenvalue weighted by Gasteiger charge is 2.45. The van der Waals surface area contributed by atoms with E-state index in [1.807, 2.05) is 30.5 Å². The van der Waals surface area contributed by atoms with Crippen molar-refractivity contribution in [1.82, 2.24) is 14.8 Å². The van der Waals surface area contributed by atoms with Gasteiger partial charge < -0.3 is 20.0 Å². The van der Waals surface area contributed by atoms with Crippen molar-refractivity contribution in [2.45, 2.75) is 24.9 Å². The Hall–Kier alpha value is -1.86. The lowest BCUT2D eigenvalue weighted by Gasteiger charge is -2.50. The predicted molar refractivity (Wildman–Crippen MR) is 131 cm³/mol. The number of aliphatic imine (C=N–C) groups is 1. The van der Waals surface area contributed by atoms with Crippen molar-refractivity contribution in [2.75, 3.05) is 57.5 Å². The number of likely N-dealkylation sites (tertiary alicyclic amines) is 1. The molecule has 8 heteroatoms. The minimum absolute atomic E-state index is 0.227. The van der Waals surface area contributed by atoms with E-state index in [0.29, 0.717) is 11.7 Å². The number of likely N-dealkylation sites (N-methyl/N-ethyl adjacent to an activating group) is 1. The maximum atomic E-state index is 6.27. The van der Waals surface area contributed by atoms with Crippen LogP contribution in [0, 0.1) is 0 Å². The smallest absolute Gasteiger partial charge is 0.131 e. The van der Waals surface area contributed by atoms with Gasteiger partial charge in [-0.05, 0) is 51.7 Å². The topological polar surface area (TPSA) is 47.0 Å². The fraction of sp³-hybridized carbons (Fsp3) is 0.478. The molecule has 2 aliphatic heterocycles. The first-order valence-electron chi connectivity index (χ1n) is 10.7. The Bertz CT molecular complexity index is 953. The molecule has 0 radical (unpaired) electrons. The summed E-state index contributed by atoms with van der Waals surface area (Å²) in [5.74, 6) is 1.08. The zero-order valence-electron chi connectivity index (χ0n) is 18.4. The minimum atomic E-state index is -0.227. The fourth-order valence-electron chi connectivity index (χ4n) is 4.34. The number of amidine groups is 1. The van der Waals surface area contributed by atoms with Crippen molar-refractivity contribution in [1.29, 1.82) is 0 Å². The molecule has 3 heterocycles. The van der Waals surface area contributed by atoms with Gasteiger partial charge in [0.1, 0.15) is 11.0 Å². The van der Waals surface area contributed by atoms with Gasteiger partial charge in [-0.25, -0.2) is 4.98 Å². The minimum Gasteiger partial charge on any atom is -0.371 e. The molecule has 1 fully saturated rings. The summed E-state index contributed by atoms with van der Waals surface area (Å²) in [7, 11) is 6.37. The molecule has 2 aliphatic rings. The molecule has 31 heavy (non-hydrogen) atoms. The highest BCUT2D eigenvalue weighted by atomic mass is 35.5. The first-order chi connectivity index (χ1) is 14.9. The van der Waals surface area contributed by atoms with Crippen molar-refractivity contribution in [2.24, 2.45) is 4.99 Å². The van der Waals surface area contributed by atoms with Crippen LogP contribution in [-0.4, -0.2) is 73.5 Å². The summed E-state index contributed by atoms with van der Waals surface area (Å²) in [5.41, 5.74) is 2.94. The molecule has 1 saturated heterocycles. The number of pyridine rings is 1. The molecule has 2 aromatic rings. The Morgan fingerprint density at radius 3 is 2.68 bits per heavy atom. The first-order valence-corrected chi connectivity index (χ1v) is 11.5. The van der Waals surface area contributed by atoms with Crippen LogP contribution in [0.3, 0.4) is 0 Å². The highest BCUT2D eigenvalue weighted by Crippen LogP contribution is 2.41. The number of aromatic nitrogens is 1. The van der Waals surface area contributed by atoms with E-state index in [1.165, 1.54) is 0 Å². The molecule has 0 atom stereocenters. The summed E-state index contributed by atoms with van der Waals surface area (Å²) < 4.78 is 0. The molecule has 1 aromatic carbocycles. The average molecular weight is 461 g/mol. The Kier molecular flexibility index (Phi) is 6.72. The van der Waals surface area contributed by atoms with E-state index in [4.69, 9.17) is 28.2 Å². The monoisotopic (exact) mass is 460 g/mol. The molecule has 0 unspecified atom stereocenters. The van der Waals surface area contributed by atoms with Crippen molar-refractivity contribution < 1.29 is 0 Å². The zero-order valence-corrected chi connectivity index (χ0v) is 19.9. The number of hydrogen-bond acceptors (Lipinski definition) is 5. The molecule has 0 aliphatic carbocycles. The summed E-state index contributed by atoms with van der Waals surface area (Å²) in [4.78, 5) is 16.5. The Labute approximate surface area is 194 Å². The van der Waals surface area contributed by atoms with Crippen LogP contribution in [0.5, 0.6) is 0 Å². The van der Waals surface area contributed by atoms with E-state index in [-0.39, 0.29) is 5.54 Å². The van der Waals surface area contributed by atoms with Crippen LogP contribution < -0.4 is 10.2 Å². The molecule has 0 amide bonds. The van der Waals surface area contributed by atoms with Gasteiger partial charge in [0.05, 0.1) is 29.7 Å². The number of nitrogens with zero attached hydrogens (tertiary/aromatic N) is 5. The van der Waals surface area contributed by atoms with Crippen LogP contribution in [0.2, 0.25) is 10.2 Å². The number of rotatable bonds is 5. The van der Waals surface area contributed by atoms with E-state index >= 15 is 0 Å². The molecular weight excluding hydrogens is 431 g/mol. The number of nitrogens with one attached hydrogen (secondary N) is 1. The molecule has 1 spiro atoms. The van der Waals surface area contributed by atoms with Gasteiger partial charge in [-0.2, -0.15) is 0 Å². The predicted octanol–water partition coefficient (Wildman–Crippen LogP) is 4.25. The largest absolute Gasteiger partial charge is 0.371 e. The van der Waals surface area contributed by atoms with Gasteiger partial charge >= 0.3 is 0 Å². The Balaban J connectivity index is 1.77. The average Bonchev–Trinajstić information content (AvgIpc) is 2.73. The van der Waals surface area contributed by atoms with Crippen LogP contribution in [0.15, 0.2) is 41.5 Å².